The molecule has 3 aliphatic rings. The Balaban J connectivity index is 0. The number of carbonyl (C=O) groups is 1. The van der Waals surface area contributed by atoms with Gasteiger partial charge in [0.15, 0.2) is 0 Å². The molecule has 21 nitrogen and oxygen atoms in total. The smallest absolute Gasteiger partial charge is 0.870 e. The summed E-state index contributed by atoms with van der Waals surface area (Å²) in [6.07, 6.45) is 26.8. The summed E-state index contributed by atoms with van der Waals surface area (Å²) >= 11 is 3.37. The van der Waals surface area contributed by atoms with E-state index in [-0.39, 0.29) is 79.4 Å². The summed E-state index contributed by atoms with van der Waals surface area (Å²) < 4.78 is 32.0. The average molecular weight is 1040 g/mol. The fourth-order valence-electron chi connectivity index (χ4n) is 7.18. The predicted molar refractivity (Wildman–Crippen MR) is 253 cm³/mol. The van der Waals surface area contributed by atoms with Crippen molar-refractivity contribution in [2.24, 2.45) is 0 Å². The van der Waals surface area contributed by atoms with E-state index in [1.165, 1.54) is 17.2 Å². The number of aromatic nitrogens is 10. The molecular weight excluding hydrogens is 978 g/mol. The van der Waals surface area contributed by atoms with E-state index in [2.05, 4.69) is 56.9 Å². The van der Waals surface area contributed by atoms with Gasteiger partial charge in [0, 0.05) is 81.2 Å². The number of aryl methyl sites for hydroxylation is 4. The monoisotopic (exact) mass is 1040 g/mol. The van der Waals surface area contributed by atoms with E-state index in [4.69, 9.17) is 43.9 Å². The first kappa shape index (κ1) is 67.6. The number of rotatable bonds is 6. The number of aromatic carboxylic acids is 1. The number of halogens is 1. The van der Waals surface area contributed by atoms with Crippen LogP contribution in [0.15, 0.2) is 91.1 Å². The van der Waals surface area contributed by atoms with Gasteiger partial charge >= 0.3 is 60.5 Å². The molecule has 0 bridgehead atoms. The zero-order valence-electron chi connectivity index (χ0n) is 40.8. The van der Waals surface area contributed by atoms with Gasteiger partial charge < -0.3 is 62.2 Å². The Morgan fingerprint density at radius 2 is 1.20 bits per heavy atom. The van der Waals surface area contributed by atoms with Crippen LogP contribution in [0.4, 0.5) is 0 Å². The standard InChI is InChI=1S/C10H16N2O.C9H12N2O3.C8H12N2O.C8H8N2O.C7H5BrN2.CO2.CH4O.CH3O.CH4.Li.Na.H2O/c1-3-10-11-6-8-4-5-9(13-2)7-12(8)10;1-14-7-3-2-6-4-10-8(9(12)13)11(6)5-7;2*1-11-8-3-2-7-4-9-6-10(7)5-8;8-6-1-2-7-3-9-5-10(7)4-6;2-1-3;2*1-2;;;;/h6,9H,3-5,7H2,1-2H3;4,7H,2-3,5H2,1H3,(H,12,13);4,6,8H,2-3,5H2,1H3;2-6H,1H3;1-5H;;2H,1H3;1H3;1H4;;;1H2/q;;;;;;;-1;;2*+1;/p-1. The summed E-state index contributed by atoms with van der Waals surface area (Å²) in [5.74, 6) is 1.17. The molecule has 0 saturated heterocycles. The minimum atomic E-state index is -0.979. The number of carbonyl (C=O) groups excluding carboxylic acids is 2. The third-order valence-corrected chi connectivity index (χ3v) is 11.1. The Kier molecular flexibility index (Phi) is 36.0. The third-order valence-electron chi connectivity index (χ3n) is 10.6. The Morgan fingerprint density at radius 1 is 0.729 bits per heavy atom. The van der Waals surface area contributed by atoms with Crippen LogP contribution in [0.2, 0.25) is 0 Å². The largest absolute Gasteiger partial charge is 1.00 e. The molecule has 10 rings (SSSR count). The number of fused-ring (bicyclic) bond motifs is 5. The van der Waals surface area contributed by atoms with Crippen LogP contribution in [-0.2, 0) is 69.1 Å². The van der Waals surface area contributed by atoms with E-state index in [0.29, 0.717) is 18.8 Å². The van der Waals surface area contributed by atoms with Gasteiger partial charge in [-0.2, -0.15) is 16.7 Å². The Morgan fingerprint density at radius 3 is 1.73 bits per heavy atom. The second-order valence-corrected chi connectivity index (χ2v) is 15.2. The van der Waals surface area contributed by atoms with Gasteiger partial charge in [-0.05, 0) is 78.7 Å². The molecule has 3 atom stereocenters. The molecule has 3 unspecified atom stereocenters. The van der Waals surface area contributed by atoms with Crippen LogP contribution in [0.1, 0.15) is 67.1 Å². The molecule has 3 aliphatic heterocycles. The van der Waals surface area contributed by atoms with Crippen LogP contribution in [-0.4, -0.2) is 136 Å². The number of imidazole rings is 5. The van der Waals surface area contributed by atoms with Crippen molar-refractivity contribution >= 4 is 39.1 Å². The zero-order valence-corrected chi connectivity index (χ0v) is 44.4. The van der Waals surface area contributed by atoms with Gasteiger partial charge in [0.25, 0.3) is 0 Å². The molecule has 0 fully saturated rings. The molecule has 7 aromatic heterocycles. The Labute approximate surface area is 451 Å². The van der Waals surface area contributed by atoms with E-state index in [0.717, 1.165) is 99.2 Å². The number of ether oxygens (including phenoxy) is 4. The number of carboxylic acid groups (broad SMARTS) is 1. The van der Waals surface area contributed by atoms with Gasteiger partial charge in [0.2, 0.25) is 5.82 Å². The van der Waals surface area contributed by atoms with Crippen molar-refractivity contribution in [3.8, 4) is 5.75 Å². The first-order valence-electron chi connectivity index (χ1n) is 20.9. The first-order valence-corrected chi connectivity index (χ1v) is 21.7. The fourth-order valence-corrected chi connectivity index (χ4v) is 7.53. The van der Waals surface area contributed by atoms with Crippen LogP contribution >= 0.6 is 15.9 Å². The van der Waals surface area contributed by atoms with Gasteiger partial charge in [-0.25, -0.2) is 29.7 Å². The summed E-state index contributed by atoms with van der Waals surface area (Å²) in [6.45, 7) is 4.68. The topological polar surface area (TPSA) is 270 Å². The van der Waals surface area contributed by atoms with Gasteiger partial charge in [-0.3, -0.25) is 0 Å². The third kappa shape index (κ3) is 20.3. The molecule has 0 aliphatic carbocycles. The summed E-state index contributed by atoms with van der Waals surface area (Å²) in [6, 6.07) is 7.89. The molecule has 0 aromatic carbocycles. The van der Waals surface area contributed by atoms with E-state index in [1.54, 1.807) is 58.1 Å². The number of nitrogens with zero attached hydrogens (tertiary/aromatic N) is 10. The van der Waals surface area contributed by atoms with Crippen LogP contribution in [0.3, 0.4) is 0 Å². The number of methoxy groups -OCH3 is 4. The van der Waals surface area contributed by atoms with Crippen molar-refractivity contribution in [2.75, 3.05) is 42.7 Å². The van der Waals surface area contributed by atoms with Crippen LogP contribution in [0.5, 0.6) is 5.75 Å². The molecule has 0 saturated carbocycles. The molecule has 0 amide bonds. The molecule has 10 heterocycles. The second kappa shape index (κ2) is 37.3. The molecule has 24 heteroatoms. The second-order valence-electron chi connectivity index (χ2n) is 14.3. The number of aliphatic hydroxyl groups excluding tert-OH is 1. The van der Waals surface area contributed by atoms with Crippen molar-refractivity contribution < 1.29 is 103 Å². The normalized spacial score (nSPS) is 15.1. The van der Waals surface area contributed by atoms with Crippen molar-refractivity contribution in [1.29, 1.82) is 0 Å². The molecule has 374 valence electrons. The van der Waals surface area contributed by atoms with Gasteiger partial charge in [0.1, 0.15) is 11.6 Å². The molecule has 70 heavy (non-hydrogen) atoms. The van der Waals surface area contributed by atoms with Gasteiger partial charge in [-0.15, -0.1) is 0 Å². The first-order chi connectivity index (χ1) is 32.1. The van der Waals surface area contributed by atoms with Crippen LogP contribution < -0.4 is 58.3 Å². The number of hydrogen-bond acceptors (Lipinski definition) is 15. The van der Waals surface area contributed by atoms with Gasteiger partial charge in [-0.1, -0.05) is 14.4 Å². The minimum absolute atomic E-state index is 0. The van der Waals surface area contributed by atoms with E-state index in [1.807, 2.05) is 70.4 Å². The van der Waals surface area contributed by atoms with Crippen molar-refractivity contribution in [1.82, 2.24) is 47.4 Å². The summed E-state index contributed by atoms with van der Waals surface area (Å²) in [4.78, 5) is 47.4. The fraction of sp³-hybridized carbons (Fsp3) is 0.457. The summed E-state index contributed by atoms with van der Waals surface area (Å²) in [5.41, 5.74) is 5.87. The van der Waals surface area contributed by atoms with Crippen LogP contribution in [0, 0.1) is 0 Å². The molecule has 7 aromatic rings. The SMILES string of the molecule is Brc1ccc2cncn2c1.C.CCc1ncc2n1CC(OC)CC2.CO.COC1CCc2cnc(C(=O)O)n2C1.COC1CCc2cncn2C1.COc1ccc2cncn2c1.C[O-].O=C=O.[Li+].[Na+].[OH-]. The maximum Gasteiger partial charge on any atom is 1.00 e. The molecular formula is C46H65BrLiN10NaO11. The number of aliphatic hydroxyl groups is 1. The Bertz CT molecular complexity index is 2500. The zero-order chi connectivity index (χ0) is 48.4. The summed E-state index contributed by atoms with van der Waals surface area (Å²) in [5, 5.41) is 24.1. The molecule has 0 radical (unpaired) electrons. The average Bonchev–Trinajstić information content (AvgIpc) is 4.23. The van der Waals surface area contributed by atoms with E-state index < -0.39 is 5.97 Å². The van der Waals surface area contributed by atoms with Gasteiger partial charge in [0.05, 0.1) is 93.7 Å². The predicted octanol–water partition coefficient (Wildman–Crippen LogP) is -1.30. The van der Waals surface area contributed by atoms with E-state index in [9.17, 15) is 4.79 Å². The van der Waals surface area contributed by atoms with E-state index >= 15 is 0 Å². The Hall–Kier alpha value is -4.50. The maximum absolute atomic E-state index is 10.8. The summed E-state index contributed by atoms with van der Waals surface area (Å²) in [7, 11) is 8.61. The van der Waals surface area contributed by atoms with Crippen LogP contribution in [0.25, 0.3) is 11.0 Å². The van der Waals surface area contributed by atoms with Crippen molar-refractivity contribution in [3.05, 3.63) is 120 Å². The molecule has 3 N–H and O–H groups in total. The maximum atomic E-state index is 10.8. The molecule has 0 spiro atoms. The van der Waals surface area contributed by atoms with Crippen molar-refractivity contribution in [2.45, 2.75) is 97.2 Å². The number of carboxylic acids is 1. The minimum Gasteiger partial charge on any atom is -0.870 e. The number of pyridine rings is 2. The van der Waals surface area contributed by atoms with Crippen molar-refractivity contribution in [3.63, 3.8) is 0 Å². The quantitative estimate of drug-likeness (QED) is 0.183. The number of hydrogen-bond donors (Lipinski definition) is 2.